The van der Waals surface area contributed by atoms with E-state index in [-0.39, 0.29) is 12.2 Å². The Bertz CT molecular complexity index is 367. The van der Waals surface area contributed by atoms with E-state index in [4.69, 9.17) is 5.11 Å². The number of rotatable bonds is 4. The van der Waals surface area contributed by atoms with Crippen LogP contribution in [0.5, 0.6) is 0 Å². The quantitative estimate of drug-likeness (QED) is 0.670. The fourth-order valence-corrected chi connectivity index (χ4v) is 2.53. The van der Waals surface area contributed by atoms with Crippen LogP contribution < -0.4 is 5.56 Å². The van der Waals surface area contributed by atoms with Gasteiger partial charge in [0.25, 0.3) is 5.56 Å². The number of hydrogen-bond donors (Lipinski definition) is 1. The molecule has 0 saturated carbocycles. The summed E-state index contributed by atoms with van der Waals surface area (Å²) in [7, 11) is 0. The lowest BCUT2D eigenvalue weighted by Gasteiger charge is -2.05. The van der Waals surface area contributed by atoms with Gasteiger partial charge >= 0.3 is 0 Å². The van der Waals surface area contributed by atoms with Crippen molar-refractivity contribution in [2.24, 2.45) is 0 Å². The van der Waals surface area contributed by atoms with Gasteiger partial charge in [0.05, 0.1) is 12.6 Å². The van der Waals surface area contributed by atoms with Crippen molar-refractivity contribution in [3.8, 4) is 0 Å². The van der Waals surface area contributed by atoms with Crippen molar-refractivity contribution in [1.82, 2.24) is 9.55 Å². The fourth-order valence-electron chi connectivity index (χ4n) is 1.15. The largest absolute Gasteiger partial charge is 0.396 e. The van der Waals surface area contributed by atoms with Crippen LogP contribution in [-0.2, 0) is 6.42 Å². The first kappa shape index (κ1) is 12.1. The van der Waals surface area contributed by atoms with E-state index in [2.05, 4.69) is 27.1 Å². The van der Waals surface area contributed by atoms with Gasteiger partial charge in [0.2, 0.25) is 0 Å². The molecule has 0 fully saturated rings. The van der Waals surface area contributed by atoms with E-state index in [1.807, 2.05) is 6.92 Å². The third kappa shape index (κ3) is 2.74. The van der Waals surface area contributed by atoms with Crippen LogP contribution in [0.4, 0.5) is 0 Å². The molecule has 1 aromatic rings. The number of aromatic nitrogens is 2. The molecule has 0 spiro atoms. The van der Waals surface area contributed by atoms with Crippen LogP contribution in [-0.4, -0.2) is 21.3 Å². The summed E-state index contributed by atoms with van der Waals surface area (Å²) in [5.74, 6) is 0. The van der Waals surface area contributed by atoms with Crippen LogP contribution in [0.25, 0.3) is 0 Å². The normalized spacial score (nSPS) is 11.4. The van der Waals surface area contributed by atoms with E-state index >= 15 is 0 Å². The minimum absolute atomic E-state index is 0.0202. The Morgan fingerprint density at radius 1 is 1.71 bits per heavy atom. The number of aliphatic hydroxyl groups excluding tert-OH is 1. The second kappa shape index (κ2) is 5.78. The van der Waals surface area contributed by atoms with Gasteiger partial charge in [-0.2, -0.15) is 5.10 Å². The van der Waals surface area contributed by atoms with Crippen LogP contribution in [0, 0.1) is 6.92 Å². The van der Waals surface area contributed by atoms with Gasteiger partial charge in [-0.25, -0.2) is 4.45 Å². The molecule has 1 unspecified atom stereocenters. The second-order valence-electron chi connectivity index (χ2n) is 2.92. The van der Waals surface area contributed by atoms with Crippen LogP contribution in [0.15, 0.2) is 11.0 Å². The Morgan fingerprint density at radius 3 is 3.00 bits per heavy atom. The van der Waals surface area contributed by atoms with Gasteiger partial charge in [0.1, 0.15) is 0 Å². The number of aliphatic hydroxyl groups is 1. The summed E-state index contributed by atoms with van der Waals surface area (Å²) < 4.78 is 1.46. The Labute approximate surface area is 97.0 Å². The van der Waals surface area contributed by atoms with Gasteiger partial charge in [0, 0.05) is 12.2 Å². The summed E-state index contributed by atoms with van der Waals surface area (Å²) in [6.45, 7) is 1.96. The SMILES string of the molecule is Cc1c(CCCO)cnn(PI)c1=O. The molecule has 0 aliphatic heterocycles. The van der Waals surface area contributed by atoms with E-state index in [1.54, 1.807) is 6.20 Å². The first-order valence-electron chi connectivity index (χ1n) is 4.26. The van der Waals surface area contributed by atoms with E-state index in [0.717, 1.165) is 17.5 Å². The van der Waals surface area contributed by atoms with Crippen molar-refractivity contribution >= 4 is 28.4 Å². The Hall–Kier alpha value is -0.000000000000000111. The Balaban J connectivity index is 2.99. The maximum Gasteiger partial charge on any atom is 0.273 e. The van der Waals surface area contributed by atoms with Gasteiger partial charge in [-0.15, -0.1) is 0 Å². The summed E-state index contributed by atoms with van der Waals surface area (Å²) in [5.41, 5.74) is 1.67. The molecule has 1 rings (SSSR count). The molecule has 0 aliphatic rings. The molecule has 1 aromatic heterocycles. The third-order valence-electron chi connectivity index (χ3n) is 2.01. The highest BCUT2D eigenvalue weighted by Gasteiger charge is 2.05. The molecular formula is C8H12IN2O2P. The van der Waals surface area contributed by atoms with Gasteiger partial charge in [-0.3, -0.25) is 4.79 Å². The van der Waals surface area contributed by atoms with Gasteiger partial charge in [0.15, 0.2) is 0 Å². The number of hydrogen-bond acceptors (Lipinski definition) is 3. The molecule has 0 radical (unpaired) electrons. The van der Waals surface area contributed by atoms with Crippen molar-refractivity contribution in [2.75, 3.05) is 6.61 Å². The minimum Gasteiger partial charge on any atom is -0.396 e. The number of halogens is 1. The number of nitrogens with zero attached hydrogens (tertiary/aromatic N) is 2. The highest BCUT2D eigenvalue weighted by atomic mass is 127. The van der Waals surface area contributed by atoms with Gasteiger partial charge in [-0.05, 0) is 47.4 Å². The van der Waals surface area contributed by atoms with E-state index in [9.17, 15) is 4.79 Å². The highest BCUT2D eigenvalue weighted by molar-refractivity contribution is 14.2. The molecule has 0 bridgehead atoms. The van der Waals surface area contributed by atoms with Crippen molar-refractivity contribution in [3.05, 3.63) is 27.7 Å². The summed E-state index contributed by atoms with van der Waals surface area (Å²) in [6.07, 6.45) is 3.46. The smallest absolute Gasteiger partial charge is 0.273 e. The molecule has 4 nitrogen and oxygen atoms in total. The topological polar surface area (TPSA) is 55.1 Å². The molecule has 6 heteroatoms. The van der Waals surface area contributed by atoms with Crippen molar-refractivity contribution < 1.29 is 5.11 Å². The first-order valence-corrected chi connectivity index (χ1v) is 8.32. The zero-order chi connectivity index (χ0) is 10.6. The lowest BCUT2D eigenvalue weighted by atomic mass is 10.1. The first-order chi connectivity index (χ1) is 6.70. The monoisotopic (exact) mass is 326 g/mol. The van der Waals surface area contributed by atoms with Crippen LogP contribution in [0.2, 0.25) is 0 Å². The molecule has 0 aromatic carbocycles. The molecule has 0 saturated heterocycles. The average Bonchev–Trinajstić information content (AvgIpc) is 2.20. The summed E-state index contributed by atoms with van der Waals surface area (Å²) in [5, 5.41) is 12.7. The molecule has 78 valence electrons. The lowest BCUT2D eigenvalue weighted by molar-refractivity contribution is 0.288. The lowest BCUT2D eigenvalue weighted by Crippen LogP contribution is -2.20. The molecule has 0 aliphatic carbocycles. The predicted molar refractivity (Wildman–Crippen MR) is 66.4 cm³/mol. The van der Waals surface area contributed by atoms with E-state index in [0.29, 0.717) is 12.8 Å². The third-order valence-corrected chi connectivity index (χ3v) is 3.86. The average molecular weight is 326 g/mol. The van der Waals surface area contributed by atoms with Gasteiger partial charge in [-0.1, -0.05) is 0 Å². The molecule has 1 atom stereocenters. The fraction of sp³-hybridized carbons (Fsp3) is 0.500. The predicted octanol–water partition coefficient (Wildman–Crippen LogP) is 1.27. The molecule has 14 heavy (non-hydrogen) atoms. The maximum atomic E-state index is 11.6. The zero-order valence-corrected chi connectivity index (χ0v) is 11.0. The summed E-state index contributed by atoms with van der Waals surface area (Å²) in [4.78, 5) is 11.6. The zero-order valence-electron chi connectivity index (χ0n) is 7.83. The van der Waals surface area contributed by atoms with Crippen molar-refractivity contribution in [2.45, 2.75) is 19.8 Å². The van der Waals surface area contributed by atoms with Crippen molar-refractivity contribution in [1.29, 1.82) is 0 Å². The Kier molecular flexibility index (Phi) is 4.98. The van der Waals surface area contributed by atoms with Crippen molar-refractivity contribution in [3.63, 3.8) is 0 Å². The van der Waals surface area contributed by atoms with E-state index < -0.39 is 0 Å². The maximum absolute atomic E-state index is 11.6. The van der Waals surface area contributed by atoms with Crippen LogP contribution in [0.3, 0.4) is 0 Å². The second-order valence-corrected chi connectivity index (χ2v) is 4.96. The van der Waals surface area contributed by atoms with E-state index in [1.165, 1.54) is 4.45 Å². The number of aryl methyl sites for hydroxylation is 1. The van der Waals surface area contributed by atoms with Gasteiger partial charge < -0.3 is 5.11 Å². The van der Waals surface area contributed by atoms with Crippen LogP contribution in [0.1, 0.15) is 17.5 Å². The molecular weight excluding hydrogens is 314 g/mol. The standard InChI is InChI=1S/C8H12IN2O2P/c1-6-7(3-2-4-12)5-10-11(14-9)8(6)13/h5,12,14H,2-4H2,1H3. The Morgan fingerprint density at radius 2 is 2.43 bits per heavy atom. The summed E-state index contributed by atoms with van der Waals surface area (Å²) in [6, 6.07) is 0. The summed E-state index contributed by atoms with van der Waals surface area (Å²) >= 11 is 2.12. The molecule has 1 heterocycles. The molecule has 0 amide bonds. The highest BCUT2D eigenvalue weighted by Crippen LogP contribution is 2.19. The van der Waals surface area contributed by atoms with Crippen LogP contribution >= 0.6 is 28.4 Å². The minimum atomic E-state index is -0.0202. The molecule has 1 N–H and O–H groups in total.